The number of halogens is 3. The lowest BCUT2D eigenvalue weighted by atomic mass is 10.1. The molecule has 0 spiro atoms. The standard InChI is InChI=1S/C20H22F2N4.HI/c1-23-20(24-10-8-14-2-4-16(21)5-3-14)25-11-9-15-13-26-19-12-17(22)6-7-18(15)19;/h2-7,12-13,26H,8-11H2,1H3,(H2,23,24,25);1H. The van der Waals surface area contributed by atoms with E-state index in [0.717, 1.165) is 40.8 Å². The zero-order valence-corrected chi connectivity index (χ0v) is 17.4. The van der Waals surface area contributed by atoms with E-state index in [1.165, 1.54) is 24.3 Å². The Hall–Kier alpha value is -2.16. The van der Waals surface area contributed by atoms with Gasteiger partial charge in [0, 0.05) is 37.2 Å². The van der Waals surface area contributed by atoms with Gasteiger partial charge in [-0.15, -0.1) is 24.0 Å². The lowest BCUT2D eigenvalue weighted by Crippen LogP contribution is -2.39. The third-order valence-electron chi connectivity index (χ3n) is 4.26. The molecule has 1 heterocycles. The van der Waals surface area contributed by atoms with Gasteiger partial charge in [-0.05, 0) is 54.3 Å². The van der Waals surface area contributed by atoms with E-state index in [0.29, 0.717) is 13.1 Å². The Morgan fingerprint density at radius 3 is 2.33 bits per heavy atom. The second kappa shape index (κ2) is 10.2. The minimum Gasteiger partial charge on any atom is -0.361 e. The van der Waals surface area contributed by atoms with Gasteiger partial charge < -0.3 is 15.6 Å². The number of guanidine groups is 1. The number of aromatic nitrogens is 1. The predicted octanol–water partition coefficient (Wildman–Crippen LogP) is 4.01. The van der Waals surface area contributed by atoms with E-state index in [-0.39, 0.29) is 35.6 Å². The normalized spacial score (nSPS) is 11.3. The lowest BCUT2D eigenvalue weighted by molar-refractivity contribution is 0.626. The topological polar surface area (TPSA) is 52.2 Å². The van der Waals surface area contributed by atoms with E-state index >= 15 is 0 Å². The highest BCUT2D eigenvalue weighted by Gasteiger charge is 2.05. The average molecular weight is 484 g/mol. The number of benzene rings is 2. The minimum absolute atomic E-state index is 0. The van der Waals surface area contributed by atoms with E-state index < -0.39 is 0 Å². The van der Waals surface area contributed by atoms with Crippen LogP contribution < -0.4 is 10.6 Å². The number of hydrogen-bond acceptors (Lipinski definition) is 1. The fraction of sp³-hybridized carbons (Fsp3) is 0.250. The first kappa shape index (κ1) is 21.1. The maximum absolute atomic E-state index is 13.2. The zero-order chi connectivity index (χ0) is 18.4. The summed E-state index contributed by atoms with van der Waals surface area (Å²) in [6, 6.07) is 11.3. The molecule has 0 unspecified atom stereocenters. The number of nitrogens with one attached hydrogen (secondary N) is 3. The number of nitrogens with zero attached hydrogens (tertiary/aromatic N) is 1. The Morgan fingerprint density at radius 2 is 1.63 bits per heavy atom. The molecule has 3 rings (SSSR count). The maximum atomic E-state index is 13.2. The van der Waals surface area contributed by atoms with Gasteiger partial charge in [0.2, 0.25) is 0 Å². The number of hydrogen-bond donors (Lipinski definition) is 3. The lowest BCUT2D eigenvalue weighted by Gasteiger charge is -2.11. The van der Waals surface area contributed by atoms with Gasteiger partial charge in [0.25, 0.3) is 0 Å². The molecule has 3 aromatic rings. The Kier molecular flexibility index (Phi) is 8.02. The summed E-state index contributed by atoms with van der Waals surface area (Å²) in [6.07, 6.45) is 3.50. The SMILES string of the molecule is CN=C(NCCc1ccc(F)cc1)NCCc1c[nH]c2cc(F)ccc12.I. The summed E-state index contributed by atoms with van der Waals surface area (Å²) in [5, 5.41) is 7.55. The van der Waals surface area contributed by atoms with Gasteiger partial charge >= 0.3 is 0 Å². The van der Waals surface area contributed by atoms with Crippen molar-refractivity contribution in [3.63, 3.8) is 0 Å². The Balaban J connectivity index is 0.00000261. The summed E-state index contributed by atoms with van der Waals surface area (Å²) in [5.74, 6) is 0.256. The monoisotopic (exact) mass is 484 g/mol. The summed E-state index contributed by atoms with van der Waals surface area (Å²) < 4.78 is 26.1. The molecule has 7 heteroatoms. The van der Waals surface area contributed by atoms with Crippen molar-refractivity contribution < 1.29 is 8.78 Å². The van der Waals surface area contributed by atoms with Crippen molar-refractivity contribution in [2.45, 2.75) is 12.8 Å². The second-order valence-electron chi connectivity index (χ2n) is 6.06. The van der Waals surface area contributed by atoms with Gasteiger partial charge in [-0.3, -0.25) is 4.99 Å². The molecular weight excluding hydrogens is 461 g/mol. The van der Waals surface area contributed by atoms with Crippen LogP contribution in [-0.2, 0) is 12.8 Å². The van der Waals surface area contributed by atoms with Crippen molar-refractivity contribution in [3.8, 4) is 0 Å². The molecule has 0 atom stereocenters. The van der Waals surface area contributed by atoms with E-state index in [4.69, 9.17) is 0 Å². The first-order chi connectivity index (χ1) is 12.7. The molecule has 0 fully saturated rings. The third-order valence-corrected chi connectivity index (χ3v) is 4.26. The fourth-order valence-electron chi connectivity index (χ4n) is 2.88. The van der Waals surface area contributed by atoms with Crippen LogP contribution in [0.2, 0.25) is 0 Å². The van der Waals surface area contributed by atoms with Crippen molar-refractivity contribution in [1.82, 2.24) is 15.6 Å². The molecule has 27 heavy (non-hydrogen) atoms. The molecule has 0 aliphatic rings. The van der Waals surface area contributed by atoms with Gasteiger partial charge in [0.15, 0.2) is 5.96 Å². The highest BCUT2D eigenvalue weighted by atomic mass is 127. The summed E-state index contributed by atoms with van der Waals surface area (Å²) in [4.78, 5) is 7.30. The number of aromatic amines is 1. The average Bonchev–Trinajstić information content (AvgIpc) is 3.04. The van der Waals surface area contributed by atoms with Gasteiger partial charge in [-0.1, -0.05) is 12.1 Å². The van der Waals surface area contributed by atoms with Crippen LogP contribution in [0.1, 0.15) is 11.1 Å². The number of rotatable bonds is 6. The Morgan fingerprint density at radius 1 is 0.963 bits per heavy atom. The molecule has 0 amide bonds. The molecule has 1 aromatic heterocycles. The van der Waals surface area contributed by atoms with Gasteiger partial charge in [-0.25, -0.2) is 8.78 Å². The van der Waals surface area contributed by atoms with Crippen molar-refractivity contribution in [1.29, 1.82) is 0 Å². The Labute approximate surface area is 174 Å². The number of H-pyrrole nitrogens is 1. The molecule has 2 aromatic carbocycles. The third kappa shape index (κ3) is 5.92. The van der Waals surface area contributed by atoms with E-state index in [9.17, 15) is 8.78 Å². The van der Waals surface area contributed by atoms with Crippen molar-refractivity contribution >= 4 is 40.8 Å². The summed E-state index contributed by atoms with van der Waals surface area (Å²) in [7, 11) is 1.72. The molecule has 0 saturated heterocycles. The quantitative estimate of drug-likeness (QED) is 0.282. The smallest absolute Gasteiger partial charge is 0.190 e. The van der Waals surface area contributed by atoms with Crippen LogP contribution in [-0.4, -0.2) is 31.1 Å². The van der Waals surface area contributed by atoms with Gasteiger partial charge in [-0.2, -0.15) is 0 Å². The minimum atomic E-state index is -0.241. The molecule has 0 aliphatic carbocycles. The highest BCUT2D eigenvalue weighted by molar-refractivity contribution is 14.0. The molecule has 0 aliphatic heterocycles. The first-order valence-electron chi connectivity index (χ1n) is 8.60. The van der Waals surface area contributed by atoms with E-state index in [1.807, 2.05) is 6.20 Å². The van der Waals surface area contributed by atoms with Crippen molar-refractivity contribution in [2.75, 3.05) is 20.1 Å². The molecule has 4 nitrogen and oxygen atoms in total. The molecule has 144 valence electrons. The first-order valence-corrected chi connectivity index (χ1v) is 8.60. The molecule has 0 bridgehead atoms. The van der Waals surface area contributed by atoms with Crippen LogP contribution in [0.4, 0.5) is 8.78 Å². The van der Waals surface area contributed by atoms with Crippen LogP contribution in [0.25, 0.3) is 10.9 Å². The fourth-order valence-corrected chi connectivity index (χ4v) is 2.88. The van der Waals surface area contributed by atoms with E-state index in [2.05, 4.69) is 20.6 Å². The van der Waals surface area contributed by atoms with Gasteiger partial charge in [0.1, 0.15) is 11.6 Å². The molecule has 3 N–H and O–H groups in total. The molecule has 0 saturated carbocycles. The van der Waals surface area contributed by atoms with Gasteiger partial charge in [0.05, 0.1) is 0 Å². The number of aliphatic imine (C=N–C) groups is 1. The van der Waals surface area contributed by atoms with Crippen molar-refractivity contribution in [3.05, 3.63) is 71.4 Å². The number of fused-ring (bicyclic) bond motifs is 1. The van der Waals surface area contributed by atoms with Crippen LogP contribution in [0, 0.1) is 11.6 Å². The van der Waals surface area contributed by atoms with Crippen LogP contribution in [0.5, 0.6) is 0 Å². The summed E-state index contributed by atoms with van der Waals surface area (Å²) >= 11 is 0. The maximum Gasteiger partial charge on any atom is 0.190 e. The van der Waals surface area contributed by atoms with Crippen LogP contribution >= 0.6 is 24.0 Å². The van der Waals surface area contributed by atoms with Crippen molar-refractivity contribution in [2.24, 2.45) is 4.99 Å². The zero-order valence-electron chi connectivity index (χ0n) is 15.1. The second-order valence-corrected chi connectivity index (χ2v) is 6.06. The predicted molar refractivity (Wildman–Crippen MR) is 117 cm³/mol. The largest absolute Gasteiger partial charge is 0.361 e. The van der Waals surface area contributed by atoms with Crippen LogP contribution in [0.15, 0.2) is 53.7 Å². The molecule has 0 radical (unpaired) electrons. The molecular formula is C20H23F2IN4. The Bertz CT molecular complexity index is 891. The summed E-state index contributed by atoms with van der Waals surface area (Å²) in [6.45, 7) is 1.41. The van der Waals surface area contributed by atoms with E-state index in [1.54, 1.807) is 25.2 Å². The summed E-state index contributed by atoms with van der Waals surface area (Å²) in [5.41, 5.74) is 3.01. The highest BCUT2D eigenvalue weighted by Crippen LogP contribution is 2.19. The van der Waals surface area contributed by atoms with Crippen LogP contribution in [0.3, 0.4) is 0 Å².